The van der Waals surface area contributed by atoms with Crippen LogP contribution in [0.3, 0.4) is 0 Å². The van der Waals surface area contributed by atoms with Gasteiger partial charge in [0.25, 0.3) is 0 Å². The van der Waals surface area contributed by atoms with Crippen molar-refractivity contribution in [3.05, 3.63) is 32.7 Å². The summed E-state index contributed by atoms with van der Waals surface area (Å²) in [6.45, 7) is 8.23. The molecular weight excluding hydrogens is 300 g/mol. The third kappa shape index (κ3) is 2.73. The van der Waals surface area contributed by atoms with Crippen LogP contribution in [0, 0.1) is 20.8 Å². The molecule has 2 heterocycles. The molecule has 0 aliphatic carbocycles. The molecule has 1 unspecified atom stereocenters. The van der Waals surface area contributed by atoms with E-state index in [1.54, 1.807) is 22.7 Å². The first kappa shape index (κ1) is 14.3. The third-order valence-corrected chi connectivity index (χ3v) is 5.56. The second-order valence-corrected chi connectivity index (χ2v) is 7.66. The average Bonchev–Trinajstić information content (AvgIpc) is 2.91. The number of nitrogens with two attached hydrogens (primary N) is 1. The van der Waals surface area contributed by atoms with Gasteiger partial charge in [-0.15, -0.1) is 22.7 Å². The second-order valence-electron chi connectivity index (χ2n) is 5.19. The van der Waals surface area contributed by atoms with Crippen molar-refractivity contribution in [1.82, 2.24) is 9.97 Å². The molecule has 1 atom stereocenters. The Hall–Kier alpha value is -1.66. The Balaban J connectivity index is 1.93. The summed E-state index contributed by atoms with van der Waals surface area (Å²) in [6.07, 6.45) is 0. The summed E-state index contributed by atoms with van der Waals surface area (Å²) >= 11 is 3.40. The van der Waals surface area contributed by atoms with E-state index in [4.69, 9.17) is 5.73 Å². The van der Waals surface area contributed by atoms with Crippen LogP contribution in [-0.2, 0) is 0 Å². The third-order valence-electron chi connectivity index (χ3n) is 3.37. The van der Waals surface area contributed by atoms with Crippen molar-refractivity contribution in [3.8, 4) is 0 Å². The first-order valence-electron chi connectivity index (χ1n) is 6.81. The van der Waals surface area contributed by atoms with Gasteiger partial charge in [0.1, 0.15) is 0 Å². The van der Waals surface area contributed by atoms with Crippen molar-refractivity contribution in [1.29, 1.82) is 0 Å². The SMILES string of the molecule is Cc1nc(C)c(C(C)Nc2cc3nc(C)sc3cc2N)s1. The number of fused-ring (bicyclic) bond motifs is 1. The molecule has 3 rings (SSSR count). The lowest BCUT2D eigenvalue weighted by Crippen LogP contribution is -2.08. The lowest BCUT2D eigenvalue weighted by Gasteiger charge is -2.16. The maximum Gasteiger partial charge on any atom is 0.0907 e. The standard InChI is InChI=1S/C15H18N4S2/c1-7-15(21-9(3)17-7)8(2)18-12-6-13-14(5-11(12)16)20-10(4)19-13/h5-6,8,18H,16H2,1-4H3. The predicted molar refractivity (Wildman–Crippen MR) is 92.4 cm³/mol. The molecule has 0 aliphatic heterocycles. The molecule has 0 aliphatic rings. The van der Waals surface area contributed by atoms with Crippen LogP contribution >= 0.6 is 22.7 Å². The van der Waals surface area contributed by atoms with E-state index in [1.807, 2.05) is 32.9 Å². The minimum absolute atomic E-state index is 0.177. The number of hydrogen-bond acceptors (Lipinski definition) is 6. The Bertz CT molecular complexity index is 803. The van der Waals surface area contributed by atoms with Gasteiger partial charge in [-0.1, -0.05) is 0 Å². The molecule has 3 aromatic rings. The van der Waals surface area contributed by atoms with Crippen molar-refractivity contribution in [2.75, 3.05) is 11.1 Å². The Labute approximate surface area is 132 Å². The van der Waals surface area contributed by atoms with Crippen molar-refractivity contribution in [2.24, 2.45) is 0 Å². The summed E-state index contributed by atoms with van der Waals surface area (Å²) in [6, 6.07) is 4.21. The Kier molecular flexibility index (Phi) is 3.59. The first-order valence-corrected chi connectivity index (χ1v) is 8.44. The highest BCUT2D eigenvalue weighted by Crippen LogP contribution is 2.33. The summed E-state index contributed by atoms with van der Waals surface area (Å²) < 4.78 is 1.13. The van der Waals surface area contributed by atoms with E-state index in [1.165, 1.54) is 4.88 Å². The maximum absolute atomic E-state index is 6.17. The van der Waals surface area contributed by atoms with Gasteiger partial charge in [0.2, 0.25) is 0 Å². The van der Waals surface area contributed by atoms with E-state index in [9.17, 15) is 0 Å². The van der Waals surface area contributed by atoms with Crippen molar-refractivity contribution >= 4 is 44.3 Å². The summed E-state index contributed by atoms with van der Waals surface area (Å²) in [5.74, 6) is 0. The zero-order chi connectivity index (χ0) is 15.1. The van der Waals surface area contributed by atoms with Gasteiger partial charge in [-0.3, -0.25) is 0 Å². The molecule has 110 valence electrons. The summed E-state index contributed by atoms with van der Waals surface area (Å²) in [5, 5.41) is 5.64. The van der Waals surface area contributed by atoms with E-state index in [0.29, 0.717) is 0 Å². The van der Waals surface area contributed by atoms with Crippen LogP contribution < -0.4 is 11.1 Å². The molecule has 0 saturated carbocycles. The van der Waals surface area contributed by atoms with Crippen LogP contribution in [0.1, 0.15) is 33.6 Å². The van der Waals surface area contributed by atoms with Crippen LogP contribution in [0.2, 0.25) is 0 Å². The van der Waals surface area contributed by atoms with Crippen LogP contribution in [-0.4, -0.2) is 9.97 Å². The summed E-state index contributed by atoms with van der Waals surface area (Å²) in [4.78, 5) is 10.3. The van der Waals surface area contributed by atoms with E-state index in [2.05, 4.69) is 22.2 Å². The largest absolute Gasteiger partial charge is 0.397 e. The average molecular weight is 318 g/mol. The molecular formula is C15H18N4S2. The monoisotopic (exact) mass is 318 g/mol. The molecule has 21 heavy (non-hydrogen) atoms. The number of rotatable bonds is 3. The molecule has 0 radical (unpaired) electrons. The highest BCUT2D eigenvalue weighted by Gasteiger charge is 2.15. The number of nitrogens with one attached hydrogen (secondary N) is 1. The van der Waals surface area contributed by atoms with E-state index < -0.39 is 0 Å². The van der Waals surface area contributed by atoms with E-state index >= 15 is 0 Å². The fourth-order valence-electron chi connectivity index (χ4n) is 2.48. The Morgan fingerprint density at radius 1 is 1.10 bits per heavy atom. The topological polar surface area (TPSA) is 63.8 Å². The van der Waals surface area contributed by atoms with Gasteiger partial charge in [0.05, 0.1) is 43.3 Å². The van der Waals surface area contributed by atoms with Crippen molar-refractivity contribution in [3.63, 3.8) is 0 Å². The molecule has 0 amide bonds. The number of aryl methyl sites for hydroxylation is 3. The zero-order valence-electron chi connectivity index (χ0n) is 12.5. The molecule has 0 fully saturated rings. The van der Waals surface area contributed by atoms with E-state index in [0.717, 1.165) is 37.3 Å². The normalized spacial score (nSPS) is 12.8. The van der Waals surface area contributed by atoms with E-state index in [-0.39, 0.29) is 6.04 Å². The quantitative estimate of drug-likeness (QED) is 0.701. The smallest absolute Gasteiger partial charge is 0.0907 e. The number of aromatic nitrogens is 2. The molecule has 4 nitrogen and oxygen atoms in total. The summed E-state index contributed by atoms with van der Waals surface area (Å²) in [5.41, 5.74) is 9.95. The lowest BCUT2D eigenvalue weighted by atomic mass is 10.2. The van der Waals surface area contributed by atoms with Gasteiger partial charge >= 0.3 is 0 Å². The van der Waals surface area contributed by atoms with Gasteiger partial charge < -0.3 is 11.1 Å². The number of thiazole rings is 2. The molecule has 1 aromatic carbocycles. The fourth-order valence-corrected chi connectivity index (χ4v) is 4.26. The van der Waals surface area contributed by atoms with Gasteiger partial charge in [0.15, 0.2) is 0 Å². The second kappa shape index (κ2) is 5.27. The lowest BCUT2D eigenvalue weighted by molar-refractivity contribution is 0.891. The van der Waals surface area contributed by atoms with Gasteiger partial charge in [-0.2, -0.15) is 0 Å². The number of benzene rings is 1. The number of nitrogen functional groups attached to an aromatic ring is 1. The molecule has 0 saturated heterocycles. The molecule has 2 aromatic heterocycles. The molecule has 0 bridgehead atoms. The van der Waals surface area contributed by atoms with Crippen LogP contribution in [0.5, 0.6) is 0 Å². The van der Waals surface area contributed by atoms with Crippen molar-refractivity contribution in [2.45, 2.75) is 33.7 Å². The molecule has 3 N–H and O–H groups in total. The molecule has 6 heteroatoms. The number of nitrogens with zero attached hydrogens (tertiary/aromatic N) is 2. The van der Waals surface area contributed by atoms with Crippen molar-refractivity contribution < 1.29 is 0 Å². The fraction of sp³-hybridized carbons (Fsp3) is 0.333. The Morgan fingerprint density at radius 2 is 1.81 bits per heavy atom. The minimum Gasteiger partial charge on any atom is -0.397 e. The number of hydrogen-bond donors (Lipinski definition) is 2. The minimum atomic E-state index is 0.177. The number of anilines is 2. The Morgan fingerprint density at radius 3 is 2.48 bits per heavy atom. The highest BCUT2D eigenvalue weighted by molar-refractivity contribution is 7.18. The van der Waals surface area contributed by atoms with Crippen LogP contribution in [0.4, 0.5) is 11.4 Å². The summed E-state index contributed by atoms with van der Waals surface area (Å²) in [7, 11) is 0. The maximum atomic E-state index is 6.17. The van der Waals surface area contributed by atoms with Crippen LogP contribution in [0.15, 0.2) is 12.1 Å². The molecule has 0 spiro atoms. The van der Waals surface area contributed by atoms with Crippen LogP contribution in [0.25, 0.3) is 10.2 Å². The highest BCUT2D eigenvalue weighted by atomic mass is 32.1. The predicted octanol–water partition coefficient (Wildman–Crippen LogP) is 4.43. The van der Waals surface area contributed by atoms with Gasteiger partial charge in [0, 0.05) is 4.88 Å². The van der Waals surface area contributed by atoms with Gasteiger partial charge in [-0.25, -0.2) is 9.97 Å². The first-order chi connectivity index (χ1) is 9.94. The zero-order valence-corrected chi connectivity index (χ0v) is 14.2. The van der Waals surface area contributed by atoms with Gasteiger partial charge in [-0.05, 0) is 39.8 Å².